The molecule has 3 N–H and O–H groups in total. The second-order valence-electron chi connectivity index (χ2n) is 4.69. The van der Waals surface area contributed by atoms with E-state index in [-0.39, 0.29) is 24.4 Å². The van der Waals surface area contributed by atoms with Gasteiger partial charge in [0.2, 0.25) is 5.91 Å². The third kappa shape index (κ3) is 5.48. The number of halogens is 2. The first-order chi connectivity index (χ1) is 8.63. The first-order valence-electron chi connectivity index (χ1n) is 6.17. The maximum atomic E-state index is 11.9. The monoisotopic (exact) mass is 347 g/mol. The number of amides is 1. The summed E-state index contributed by atoms with van der Waals surface area (Å²) in [5.41, 5.74) is 6.72. The Balaban J connectivity index is 0.00000180. The van der Waals surface area contributed by atoms with Crippen LogP contribution in [0.3, 0.4) is 0 Å². The summed E-state index contributed by atoms with van der Waals surface area (Å²) in [5.74, 6) is 0.0198. The highest BCUT2D eigenvalue weighted by Gasteiger charge is 2.18. The molecule has 0 bridgehead atoms. The lowest BCUT2D eigenvalue weighted by molar-refractivity contribution is -0.117. The van der Waals surface area contributed by atoms with Gasteiger partial charge in [-0.2, -0.15) is 0 Å². The number of nitrogens with zero attached hydrogens (tertiary/aromatic N) is 1. The Labute approximate surface area is 128 Å². The summed E-state index contributed by atoms with van der Waals surface area (Å²) in [6.07, 6.45) is 2.14. The second-order valence-corrected chi connectivity index (χ2v) is 5.61. The van der Waals surface area contributed by atoms with Crippen molar-refractivity contribution >= 4 is 39.9 Å². The number of nitrogens with two attached hydrogens (primary N) is 1. The van der Waals surface area contributed by atoms with Gasteiger partial charge >= 0.3 is 0 Å². The molecule has 1 fully saturated rings. The number of anilines is 1. The number of hydrogen-bond acceptors (Lipinski definition) is 3. The Kier molecular flexibility index (Phi) is 6.79. The summed E-state index contributed by atoms with van der Waals surface area (Å²) in [4.78, 5) is 14.0. The minimum atomic E-state index is 0. The van der Waals surface area contributed by atoms with E-state index in [4.69, 9.17) is 5.73 Å². The van der Waals surface area contributed by atoms with E-state index < -0.39 is 0 Å². The molecular formula is C13H19BrClN3O. The lowest BCUT2D eigenvalue weighted by Gasteiger charge is -2.29. The van der Waals surface area contributed by atoms with Gasteiger partial charge in [-0.15, -0.1) is 12.4 Å². The van der Waals surface area contributed by atoms with Crippen LogP contribution >= 0.6 is 28.3 Å². The smallest absolute Gasteiger partial charge is 0.238 e. The van der Waals surface area contributed by atoms with Gasteiger partial charge in [0, 0.05) is 22.7 Å². The fraction of sp³-hybridized carbons (Fsp3) is 0.462. The van der Waals surface area contributed by atoms with E-state index in [9.17, 15) is 4.79 Å². The average molecular weight is 349 g/mol. The highest BCUT2D eigenvalue weighted by atomic mass is 79.9. The normalized spacial score (nSPS) is 19.6. The first-order valence-corrected chi connectivity index (χ1v) is 6.96. The molecule has 0 radical (unpaired) electrons. The molecule has 0 spiro atoms. The standard InChI is InChI=1S/C13H18BrN3O.ClH/c14-10-3-5-12(6-4-10)16-13(18)9-17-7-1-2-11(15)8-17;/h3-6,11H,1-2,7-9,15H2,(H,16,18);1H. The highest BCUT2D eigenvalue weighted by Crippen LogP contribution is 2.14. The molecule has 1 amide bonds. The summed E-state index contributed by atoms with van der Waals surface area (Å²) in [6, 6.07) is 7.78. The molecule has 4 nitrogen and oxygen atoms in total. The highest BCUT2D eigenvalue weighted by molar-refractivity contribution is 9.10. The largest absolute Gasteiger partial charge is 0.327 e. The van der Waals surface area contributed by atoms with Crippen molar-refractivity contribution < 1.29 is 4.79 Å². The number of hydrogen-bond donors (Lipinski definition) is 2. The van der Waals surface area contributed by atoms with E-state index in [1.54, 1.807) is 0 Å². The Hall–Kier alpha value is -0.620. The molecule has 1 atom stereocenters. The van der Waals surface area contributed by atoms with Gasteiger partial charge in [0.05, 0.1) is 6.54 Å². The Morgan fingerprint density at radius 3 is 2.74 bits per heavy atom. The molecule has 1 aromatic rings. The Morgan fingerprint density at radius 1 is 1.42 bits per heavy atom. The molecule has 6 heteroatoms. The topological polar surface area (TPSA) is 58.4 Å². The molecular weight excluding hydrogens is 330 g/mol. The van der Waals surface area contributed by atoms with Crippen molar-refractivity contribution in [1.29, 1.82) is 0 Å². The van der Waals surface area contributed by atoms with Crippen LogP contribution in [0.2, 0.25) is 0 Å². The zero-order valence-electron chi connectivity index (χ0n) is 10.6. The van der Waals surface area contributed by atoms with Gasteiger partial charge in [0.15, 0.2) is 0 Å². The van der Waals surface area contributed by atoms with Gasteiger partial charge in [-0.1, -0.05) is 15.9 Å². The number of carbonyl (C=O) groups is 1. The van der Waals surface area contributed by atoms with E-state index >= 15 is 0 Å². The molecule has 106 valence electrons. The van der Waals surface area contributed by atoms with Gasteiger partial charge in [-0.05, 0) is 43.7 Å². The summed E-state index contributed by atoms with van der Waals surface area (Å²) < 4.78 is 1.00. The van der Waals surface area contributed by atoms with Gasteiger partial charge in [0.25, 0.3) is 0 Å². The van der Waals surface area contributed by atoms with Crippen molar-refractivity contribution in [1.82, 2.24) is 4.90 Å². The van der Waals surface area contributed by atoms with Crippen LogP contribution in [-0.4, -0.2) is 36.5 Å². The van der Waals surface area contributed by atoms with E-state index in [1.807, 2.05) is 24.3 Å². The lowest BCUT2D eigenvalue weighted by Crippen LogP contribution is -2.45. The number of benzene rings is 1. The Bertz CT molecular complexity index is 413. The van der Waals surface area contributed by atoms with Crippen LogP contribution in [0.1, 0.15) is 12.8 Å². The van der Waals surface area contributed by atoms with Gasteiger partial charge in [-0.25, -0.2) is 0 Å². The zero-order chi connectivity index (χ0) is 13.0. The van der Waals surface area contributed by atoms with Crippen molar-refractivity contribution in [3.05, 3.63) is 28.7 Å². The number of piperidine rings is 1. The molecule has 1 saturated heterocycles. The fourth-order valence-electron chi connectivity index (χ4n) is 2.17. The summed E-state index contributed by atoms with van der Waals surface area (Å²) in [5, 5.41) is 2.89. The zero-order valence-corrected chi connectivity index (χ0v) is 13.0. The van der Waals surface area contributed by atoms with Crippen molar-refractivity contribution in [3.8, 4) is 0 Å². The number of carbonyl (C=O) groups excluding carboxylic acids is 1. The third-order valence-corrected chi connectivity index (χ3v) is 3.57. The summed E-state index contributed by atoms with van der Waals surface area (Å²) >= 11 is 3.36. The fourth-order valence-corrected chi connectivity index (χ4v) is 2.44. The maximum absolute atomic E-state index is 11.9. The molecule has 1 heterocycles. The molecule has 19 heavy (non-hydrogen) atoms. The van der Waals surface area contributed by atoms with Gasteiger partial charge in [-0.3, -0.25) is 9.69 Å². The van der Waals surface area contributed by atoms with Gasteiger partial charge < -0.3 is 11.1 Å². The maximum Gasteiger partial charge on any atom is 0.238 e. The van der Waals surface area contributed by atoms with E-state index in [0.29, 0.717) is 6.54 Å². The SMILES string of the molecule is Cl.NC1CCCN(CC(=O)Nc2ccc(Br)cc2)C1. The van der Waals surface area contributed by atoms with Crippen LogP contribution in [0, 0.1) is 0 Å². The molecule has 1 aliphatic heterocycles. The van der Waals surface area contributed by atoms with Gasteiger partial charge in [0.1, 0.15) is 0 Å². The number of likely N-dealkylation sites (tertiary alicyclic amines) is 1. The van der Waals surface area contributed by atoms with Crippen molar-refractivity contribution in [2.75, 3.05) is 25.0 Å². The minimum absolute atomic E-state index is 0. The average Bonchev–Trinajstić information content (AvgIpc) is 2.32. The molecule has 0 saturated carbocycles. The van der Waals surface area contributed by atoms with Crippen molar-refractivity contribution in [2.24, 2.45) is 5.73 Å². The van der Waals surface area contributed by atoms with Crippen molar-refractivity contribution in [3.63, 3.8) is 0 Å². The lowest BCUT2D eigenvalue weighted by atomic mass is 10.1. The van der Waals surface area contributed by atoms with Crippen molar-refractivity contribution in [2.45, 2.75) is 18.9 Å². The Morgan fingerprint density at radius 2 is 2.11 bits per heavy atom. The molecule has 1 aromatic carbocycles. The van der Waals surface area contributed by atoms with Crippen LogP contribution in [0.5, 0.6) is 0 Å². The quantitative estimate of drug-likeness (QED) is 0.880. The summed E-state index contributed by atoms with van der Waals surface area (Å²) in [7, 11) is 0. The number of nitrogens with one attached hydrogen (secondary N) is 1. The molecule has 0 aromatic heterocycles. The first kappa shape index (κ1) is 16.4. The third-order valence-electron chi connectivity index (χ3n) is 3.04. The molecule has 1 unspecified atom stereocenters. The van der Waals surface area contributed by atoms with E-state index in [0.717, 1.165) is 36.1 Å². The van der Waals surface area contributed by atoms with Crippen LogP contribution in [0.25, 0.3) is 0 Å². The van der Waals surface area contributed by atoms with E-state index in [1.165, 1.54) is 0 Å². The van der Waals surface area contributed by atoms with Crippen LogP contribution in [0.4, 0.5) is 5.69 Å². The van der Waals surface area contributed by atoms with E-state index in [2.05, 4.69) is 26.1 Å². The minimum Gasteiger partial charge on any atom is -0.327 e. The number of rotatable bonds is 3. The molecule has 1 aliphatic rings. The predicted molar refractivity (Wildman–Crippen MR) is 83.7 cm³/mol. The predicted octanol–water partition coefficient (Wildman–Crippen LogP) is 2.23. The van der Waals surface area contributed by atoms with Crippen LogP contribution in [0.15, 0.2) is 28.7 Å². The van der Waals surface area contributed by atoms with Crippen LogP contribution < -0.4 is 11.1 Å². The molecule has 2 rings (SSSR count). The summed E-state index contributed by atoms with van der Waals surface area (Å²) in [6.45, 7) is 2.19. The molecule has 0 aliphatic carbocycles. The second kappa shape index (κ2) is 7.85. The van der Waals surface area contributed by atoms with Crippen LogP contribution in [-0.2, 0) is 4.79 Å².